The molecule has 4 heterocycles. The SMILES string of the molecule is C=CC(C)(C)[C@]1(C[C@@]2(O)NC(=O)[C@H]3CCCN3C2=O)C(=O)Nc2cc3c(cc21)C=CC(C)(C)O3. The molecule has 3 N–H and O–H groups in total. The van der Waals surface area contributed by atoms with Crippen molar-refractivity contribution in [3.63, 3.8) is 0 Å². The summed E-state index contributed by atoms with van der Waals surface area (Å²) < 4.78 is 6.08. The number of allylic oxidation sites excluding steroid dienone is 1. The van der Waals surface area contributed by atoms with Crippen LogP contribution in [0.4, 0.5) is 5.69 Å². The van der Waals surface area contributed by atoms with Crippen LogP contribution in [0, 0.1) is 5.41 Å². The Hall–Kier alpha value is -3.13. The van der Waals surface area contributed by atoms with Crippen LogP contribution in [-0.4, -0.2) is 51.6 Å². The van der Waals surface area contributed by atoms with Crippen molar-refractivity contribution < 1.29 is 24.2 Å². The average Bonchev–Trinajstić information content (AvgIpc) is 3.34. The molecule has 0 radical (unpaired) electrons. The molecule has 3 atom stereocenters. The van der Waals surface area contributed by atoms with E-state index in [4.69, 9.17) is 4.74 Å². The molecule has 2 saturated heterocycles. The van der Waals surface area contributed by atoms with Crippen molar-refractivity contribution in [3.05, 3.63) is 42.0 Å². The van der Waals surface area contributed by atoms with Gasteiger partial charge in [-0.05, 0) is 44.4 Å². The van der Waals surface area contributed by atoms with E-state index < -0.39 is 40.0 Å². The quantitative estimate of drug-likeness (QED) is 0.592. The van der Waals surface area contributed by atoms with Crippen LogP contribution in [0.5, 0.6) is 5.75 Å². The molecule has 0 aliphatic carbocycles. The van der Waals surface area contributed by atoms with Crippen molar-refractivity contribution in [3.8, 4) is 5.75 Å². The first-order valence-electron chi connectivity index (χ1n) is 11.7. The highest BCUT2D eigenvalue weighted by Gasteiger charge is 2.63. The van der Waals surface area contributed by atoms with E-state index >= 15 is 0 Å². The van der Waals surface area contributed by atoms with Gasteiger partial charge in [0.15, 0.2) is 0 Å². The molecule has 5 rings (SSSR count). The molecule has 4 aliphatic rings. The molecule has 0 bridgehead atoms. The summed E-state index contributed by atoms with van der Waals surface area (Å²) in [6, 6.07) is 3.09. The minimum atomic E-state index is -2.22. The largest absolute Gasteiger partial charge is 0.483 e. The number of carbonyl (C=O) groups excluding carboxylic acids is 3. The summed E-state index contributed by atoms with van der Waals surface area (Å²) in [4.78, 5) is 41.4. The van der Waals surface area contributed by atoms with E-state index in [2.05, 4.69) is 17.2 Å². The average molecular weight is 466 g/mol. The number of piperazine rings is 1. The number of aliphatic hydroxyl groups is 1. The Kier molecular flexibility index (Phi) is 4.63. The van der Waals surface area contributed by atoms with Gasteiger partial charge in [-0.1, -0.05) is 26.0 Å². The maximum atomic E-state index is 13.8. The van der Waals surface area contributed by atoms with Gasteiger partial charge in [-0.3, -0.25) is 14.4 Å². The summed E-state index contributed by atoms with van der Waals surface area (Å²) in [7, 11) is 0. The molecule has 8 heteroatoms. The number of ether oxygens (including phenoxy) is 1. The Balaban J connectivity index is 1.65. The fourth-order valence-corrected chi connectivity index (χ4v) is 5.81. The normalized spacial score (nSPS) is 31.3. The van der Waals surface area contributed by atoms with E-state index in [1.165, 1.54) is 4.90 Å². The van der Waals surface area contributed by atoms with E-state index in [0.717, 1.165) is 5.56 Å². The Morgan fingerprint density at radius 2 is 2.03 bits per heavy atom. The molecular weight excluding hydrogens is 434 g/mol. The summed E-state index contributed by atoms with van der Waals surface area (Å²) in [5.74, 6) is -0.691. The summed E-state index contributed by atoms with van der Waals surface area (Å²) in [5.41, 5.74) is -2.97. The molecule has 180 valence electrons. The van der Waals surface area contributed by atoms with Crippen LogP contribution in [0.1, 0.15) is 58.1 Å². The van der Waals surface area contributed by atoms with Gasteiger partial charge in [-0.15, -0.1) is 6.58 Å². The molecule has 1 aromatic rings. The van der Waals surface area contributed by atoms with Gasteiger partial charge in [0, 0.05) is 35.7 Å². The minimum absolute atomic E-state index is 0.319. The highest BCUT2D eigenvalue weighted by Crippen LogP contribution is 2.56. The van der Waals surface area contributed by atoms with Crippen molar-refractivity contribution in [2.75, 3.05) is 11.9 Å². The zero-order valence-corrected chi connectivity index (χ0v) is 20.0. The van der Waals surface area contributed by atoms with E-state index in [9.17, 15) is 19.5 Å². The second-order valence-corrected chi connectivity index (χ2v) is 10.9. The topological polar surface area (TPSA) is 108 Å². The van der Waals surface area contributed by atoms with Gasteiger partial charge >= 0.3 is 0 Å². The highest BCUT2D eigenvalue weighted by atomic mass is 16.5. The second-order valence-electron chi connectivity index (χ2n) is 10.9. The maximum absolute atomic E-state index is 13.8. The number of fused-ring (bicyclic) bond motifs is 3. The van der Waals surface area contributed by atoms with Crippen LogP contribution in [0.15, 0.2) is 30.9 Å². The van der Waals surface area contributed by atoms with Gasteiger partial charge in [0.1, 0.15) is 17.4 Å². The van der Waals surface area contributed by atoms with Gasteiger partial charge in [-0.2, -0.15) is 0 Å². The van der Waals surface area contributed by atoms with Crippen molar-refractivity contribution >= 4 is 29.5 Å². The number of benzene rings is 1. The molecule has 0 spiro atoms. The van der Waals surface area contributed by atoms with Crippen molar-refractivity contribution in [1.29, 1.82) is 0 Å². The van der Waals surface area contributed by atoms with Gasteiger partial charge in [0.25, 0.3) is 5.91 Å². The third-order valence-electron chi connectivity index (χ3n) is 7.91. The predicted octanol–water partition coefficient (Wildman–Crippen LogP) is 2.47. The van der Waals surface area contributed by atoms with E-state index in [1.54, 1.807) is 12.1 Å². The first-order valence-corrected chi connectivity index (χ1v) is 11.7. The first-order chi connectivity index (χ1) is 15.8. The smallest absolute Gasteiger partial charge is 0.276 e. The lowest BCUT2D eigenvalue weighted by atomic mass is 9.58. The monoisotopic (exact) mass is 465 g/mol. The first kappa shape index (κ1) is 22.7. The van der Waals surface area contributed by atoms with Crippen LogP contribution < -0.4 is 15.4 Å². The van der Waals surface area contributed by atoms with Gasteiger partial charge in [-0.25, -0.2) is 0 Å². The summed E-state index contributed by atoms with van der Waals surface area (Å²) in [6.07, 6.45) is 6.49. The number of hydrogen-bond donors (Lipinski definition) is 3. The van der Waals surface area contributed by atoms with Crippen LogP contribution in [0.2, 0.25) is 0 Å². The Morgan fingerprint density at radius 3 is 2.74 bits per heavy atom. The molecule has 3 amide bonds. The Labute approximate surface area is 199 Å². The standard InChI is InChI=1S/C26H31N3O5/c1-6-23(2,3)25(14-26(33)22(32)29-11-7-8-18(29)20(30)28-26)16-12-15-9-10-24(4,5)34-19(15)13-17(16)27-21(25)31/h6,9-10,12-13,18,33H,1,7-8,11,14H2,2-5H3,(H,27,31)(H,28,30)/t18-,25+,26+/m1/s1. The van der Waals surface area contributed by atoms with Crippen molar-refractivity contribution in [1.82, 2.24) is 10.2 Å². The van der Waals surface area contributed by atoms with Crippen LogP contribution in [0.3, 0.4) is 0 Å². The van der Waals surface area contributed by atoms with Crippen LogP contribution >= 0.6 is 0 Å². The van der Waals surface area contributed by atoms with E-state index in [0.29, 0.717) is 36.4 Å². The van der Waals surface area contributed by atoms with Gasteiger partial charge in [0.2, 0.25) is 17.5 Å². The number of rotatable bonds is 4. The fraction of sp³-hybridized carbons (Fsp3) is 0.500. The second kappa shape index (κ2) is 6.95. The van der Waals surface area contributed by atoms with Crippen molar-refractivity contribution in [2.45, 2.75) is 69.7 Å². The zero-order chi connectivity index (χ0) is 24.7. The Morgan fingerprint density at radius 1 is 1.29 bits per heavy atom. The number of anilines is 1. The molecule has 1 aromatic carbocycles. The molecule has 4 aliphatic heterocycles. The highest BCUT2D eigenvalue weighted by molar-refractivity contribution is 6.09. The minimum Gasteiger partial charge on any atom is -0.483 e. The third-order valence-corrected chi connectivity index (χ3v) is 7.91. The van der Waals surface area contributed by atoms with Crippen LogP contribution in [-0.2, 0) is 19.8 Å². The lowest BCUT2D eigenvalue weighted by Gasteiger charge is -2.48. The number of carbonyl (C=O) groups is 3. The maximum Gasteiger partial charge on any atom is 0.276 e. The van der Waals surface area contributed by atoms with Gasteiger partial charge < -0.3 is 25.4 Å². The molecule has 34 heavy (non-hydrogen) atoms. The summed E-state index contributed by atoms with van der Waals surface area (Å²) >= 11 is 0. The van der Waals surface area contributed by atoms with E-state index in [-0.39, 0.29) is 12.3 Å². The lowest BCUT2D eigenvalue weighted by molar-refractivity contribution is -0.174. The lowest BCUT2D eigenvalue weighted by Crippen LogP contribution is -2.71. The molecule has 0 unspecified atom stereocenters. The molecular formula is C26H31N3O5. The summed E-state index contributed by atoms with van der Waals surface area (Å²) in [6.45, 7) is 12.0. The van der Waals surface area contributed by atoms with Crippen LogP contribution in [0.25, 0.3) is 6.08 Å². The predicted molar refractivity (Wildman–Crippen MR) is 127 cm³/mol. The number of nitrogens with one attached hydrogen (secondary N) is 2. The summed E-state index contributed by atoms with van der Waals surface area (Å²) in [5, 5.41) is 17.1. The van der Waals surface area contributed by atoms with Gasteiger partial charge in [0.05, 0.1) is 5.41 Å². The number of nitrogens with zero attached hydrogens (tertiary/aromatic N) is 1. The molecule has 0 saturated carbocycles. The van der Waals surface area contributed by atoms with Crippen molar-refractivity contribution in [2.24, 2.45) is 5.41 Å². The zero-order valence-electron chi connectivity index (χ0n) is 20.0. The number of amides is 3. The Bertz CT molecular complexity index is 1170. The third kappa shape index (κ3) is 2.97. The molecule has 2 fully saturated rings. The molecule has 8 nitrogen and oxygen atoms in total. The van der Waals surface area contributed by atoms with E-state index in [1.807, 2.05) is 45.9 Å². The fourth-order valence-electron chi connectivity index (χ4n) is 5.81. The molecule has 0 aromatic heterocycles. The number of hydrogen-bond acceptors (Lipinski definition) is 5.